The first-order chi connectivity index (χ1) is 5.92. The van der Waals surface area contributed by atoms with E-state index in [0.717, 1.165) is 5.52 Å². The van der Waals surface area contributed by atoms with Crippen LogP contribution in [0.1, 0.15) is 0 Å². The van der Waals surface area contributed by atoms with E-state index in [2.05, 4.69) is 6.07 Å². The molecule has 12 heavy (non-hydrogen) atoms. The van der Waals surface area contributed by atoms with Crippen molar-refractivity contribution in [2.75, 3.05) is 6.61 Å². The molecule has 1 N–H and O–H groups in total. The Morgan fingerprint density at radius 2 is 2.33 bits per heavy atom. The second-order valence-electron chi connectivity index (χ2n) is 2.72. The minimum Gasteiger partial charge on any atom is -0.395 e. The molecule has 2 heteroatoms. The van der Waals surface area contributed by atoms with Gasteiger partial charge in [-0.1, -0.05) is 6.07 Å². The Hall–Kier alpha value is -1.28. The topological polar surface area (TPSA) is 25.2 Å². The Labute approximate surface area is 71.1 Å². The molecular weight excluding hydrogens is 150 g/mol. The minimum atomic E-state index is 0.183. The van der Waals surface area contributed by atoms with Gasteiger partial charge in [0.05, 0.1) is 6.61 Å². The van der Waals surface area contributed by atoms with Crippen molar-refractivity contribution < 1.29 is 5.11 Å². The number of rotatable bonds is 2. The van der Waals surface area contributed by atoms with Gasteiger partial charge in [-0.3, -0.25) is 0 Å². The van der Waals surface area contributed by atoms with E-state index in [4.69, 9.17) is 5.11 Å². The van der Waals surface area contributed by atoms with Crippen LogP contribution in [0, 0.1) is 6.07 Å². The number of aliphatic hydroxyl groups is 1. The Morgan fingerprint density at radius 3 is 3.17 bits per heavy atom. The maximum Gasteiger partial charge on any atom is 0.0610 e. The van der Waals surface area contributed by atoms with Gasteiger partial charge in [-0.05, 0) is 24.3 Å². The molecule has 0 aliphatic carbocycles. The molecule has 2 nitrogen and oxygen atoms in total. The van der Waals surface area contributed by atoms with Crippen LogP contribution in [0.4, 0.5) is 0 Å². The lowest BCUT2D eigenvalue weighted by Crippen LogP contribution is -1.99. The van der Waals surface area contributed by atoms with E-state index < -0.39 is 0 Å². The Balaban J connectivity index is 2.55. The molecule has 1 aromatic heterocycles. The second-order valence-corrected chi connectivity index (χ2v) is 2.72. The minimum absolute atomic E-state index is 0.183. The summed E-state index contributed by atoms with van der Waals surface area (Å²) >= 11 is 0. The summed E-state index contributed by atoms with van der Waals surface area (Å²) < 4.78 is 2.03. The third-order valence-electron chi connectivity index (χ3n) is 1.96. The van der Waals surface area contributed by atoms with Gasteiger partial charge in [-0.2, -0.15) is 0 Å². The Morgan fingerprint density at radius 1 is 1.42 bits per heavy atom. The molecule has 2 aromatic rings. The van der Waals surface area contributed by atoms with Crippen LogP contribution in [0.5, 0.6) is 0 Å². The molecule has 2 rings (SSSR count). The zero-order valence-corrected chi connectivity index (χ0v) is 6.70. The molecule has 0 spiro atoms. The molecule has 0 aliphatic rings. The summed E-state index contributed by atoms with van der Waals surface area (Å²) in [6.45, 7) is 0.843. The summed E-state index contributed by atoms with van der Waals surface area (Å²) in [5, 5.41) is 9.94. The van der Waals surface area contributed by atoms with Crippen LogP contribution >= 0.6 is 0 Å². The van der Waals surface area contributed by atoms with Crippen LogP contribution < -0.4 is 0 Å². The summed E-state index contributed by atoms with van der Waals surface area (Å²) in [7, 11) is 0. The van der Waals surface area contributed by atoms with E-state index in [1.807, 2.05) is 35.0 Å². The number of aliphatic hydroxyl groups excluding tert-OH is 1. The first kappa shape index (κ1) is 7.37. The summed E-state index contributed by atoms with van der Waals surface area (Å²) in [4.78, 5) is 0. The highest BCUT2D eigenvalue weighted by Gasteiger charge is 1.97. The van der Waals surface area contributed by atoms with Gasteiger partial charge < -0.3 is 9.67 Å². The van der Waals surface area contributed by atoms with Crippen molar-refractivity contribution >= 4 is 10.9 Å². The number of hydrogen-bond acceptors (Lipinski definition) is 1. The molecule has 0 saturated carbocycles. The average molecular weight is 160 g/mol. The molecule has 1 aromatic carbocycles. The van der Waals surface area contributed by atoms with Gasteiger partial charge in [0.1, 0.15) is 0 Å². The highest BCUT2D eigenvalue weighted by Crippen LogP contribution is 2.13. The third kappa shape index (κ3) is 1.10. The van der Waals surface area contributed by atoms with Crippen molar-refractivity contribution in [1.82, 2.24) is 4.57 Å². The standard InChI is InChI=1S/C10H10NO/c12-8-7-11-6-5-9-3-1-2-4-10(9)11/h2-6,12H,7-8H2. The zero-order chi connectivity index (χ0) is 8.39. The molecule has 0 saturated heterocycles. The fourth-order valence-corrected chi connectivity index (χ4v) is 1.38. The van der Waals surface area contributed by atoms with Crippen molar-refractivity contribution in [3.8, 4) is 0 Å². The average Bonchev–Trinajstić information content (AvgIpc) is 2.50. The molecule has 0 atom stereocenters. The van der Waals surface area contributed by atoms with Crippen molar-refractivity contribution in [3.63, 3.8) is 0 Å². The number of fused-ring (bicyclic) bond motifs is 1. The largest absolute Gasteiger partial charge is 0.395 e. The highest BCUT2D eigenvalue weighted by molar-refractivity contribution is 5.79. The fraction of sp³-hybridized carbons (Fsp3) is 0.200. The maximum absolute atomic E-state index is 8.77. The molecule has 0 fully saturated rings. The van der Waals surface area contributed by atoms with Gasteiger partial charge in [-0.25, -0.2) is 0 Å². The first-order valence-electron chi connectivity index (χ1n) is 3.97. The normalized spacial score (nSPS) is 10.8. The van der Waals surface area contributed by atoms with Gasteiger partial charge in [0.2, 0.25) is 0 Å². The lowest BCUT2D eigenvalue weighted by Gasteiger charge is -2.00. The van der Waals surface area contributed by atoms with Crippen molar-refractivity contribution in [2.45, 2.75) is 6.54 Å². The van der Waals surface area contributed by atoms with E-state index in [1.165, 1.54) is 5.39 Å². The van der Waals surface area contributed by atoms with Gasteiger partial charge in [0, 0.05) is 23.6 Å². The van der Waals surface area contributed by atoms with E-state index in [1.54, 1.807) is 0 Å². The Bertz CT molecular complexity index is 378. The molecule has 1 heterocycles. The Kier molecular flexibility index (Phi) is 1.84. The van der Waals surface area contributed by atoms with Crippen molar-refractivity contribution in [1.29, 1.82) is 0 Å². The highest BCUT2D eigenvalue weighted by atomic mass is 16.3. The molecule has 1 radical (unpaired) electrons. The number of hydrogen-bond donors (Lipinski definition) is 1. The van der Waals surface area contributed by atoms with Crippen LogP contribution in [0.15, 0.2) is 30.5 Å². The number of aromatic nitrogens is 1. The predicted octanol–water partition coefficient (Wildman–Crippen LogP) is 1.43. The van der Waals surface area contributed by atoms with Crippen LogP contribution in [-0.4, -0.2) is 16.3 Å². The lowest BCUT2D eigenvalue weighted by molar-refractivity contribution is 0.278. The maximum atomic E-state index is 8.77. The molecule has 0 unspecified atom stereocenters. The smallest absolute Gasteiger partial charge is 0.0610 e. The van der Waals surface area contributed by atoms with Crippen LogP contribution in [0.25, 0.3) is 10.9 Å². The lowest BCUT2D eigenvalue weighted by atomic mass is 10.2. The summed E-state index contributed by atoms with van der Waals surface area (Å²) in [6.07, 6.45) is 1.98. The first-order valence-corrected chi connectivity index (χ1v) is 3.97. The molecule has 0 aliphatic heterocycles. The molecule has 0 amide bonds. The van der Waals surface area contributed by atoms with Gasteiger partial charge >= 0.3 is 0 Å². The van der Waals surface area contributed by atoms with E-state index in [-0.39, 0.29) is 6.61 Å². The van der Waals surface area contributed by atoms with Crippen molar-refractivity contribution in [3.05, 3.63) is 36.5 Å². The second kappa shape index (κ2) is 2.99. The van der Waals surface area contributed by atoms with E-state index in [0.29, 0.717) is 6.54 Å². The van der Waals surface area contributed by atoms with Crippen LogP contribution in [0.2, 0.25) is 0 Å². The van der Waals surface area contributed by atoms with Crippen LogP contribution in [-0.2, 0) is 6.54 Å². The number of nitrogens with zero attached hydrogens (tertiary/aromatic N) is 1. The van der Waals surface area contributed by atoms with Gasteiger partial charge in [0.25, 0.3) is 0 Å². The number of benzene rings is 1. The van der Waals surface area contributed by atoms with Gasteiger partial charge in [-0.15, -0.1) is 0 Å². The molecule has 0 bridgehead atoms. The SMILES string of the molecule is OCCn1ccc2c[c]ccc21. The quantitative estimate of drug-likeness (QED) is 0.706. The van der Waals surface area contributed by atoms with Crippen LogP contribution in [0.3, 0.4) is 0 Å². The van der Waals surface area contributed by atoms with E-state index in [9.17, 15) is 0 Å². The van der Waals surface area contributed by atoms with E-state index >= 15 is 0 Å². The molecule has 61 valence electrons. The van der Waals surface area contributed by atoms with Crippen molar-refractivity contribution in [2.24, 2.45) is 0 Å². The third-order valence-corrected chi connectivity index (χ3v) is 1.96. The zero-order valence-electron chi connectivity index (χ0n) is 6.70. The summed E-state index contributed by atoms with van der Waals surface area (Å²) in [6, 6.07) is 10.9. The molecular formula is C10H10NO. The fourth-order valence-electron chi connectivity index (χ4n) is 1.38. The predicted molar refractivity (Wildman–Crippen MR) is 47.9 cm³/mol. The monoisotopic (exact) mass is 160 g/mol. The summed E-state index contributed by atoms with van der Waals surface area (Å²) in [5.41, 5.74) is 1.16. The summed E-state index contributed by atoms with van der Waals surface area (Å²) in [5.74, 6) is 0. The van der Waals surface area contributed by atoms with Gasteiger partial charge in [0.15, 0.2) is 0 Å².